The van der Waals surface area contributed by atoms with E-state index in [9.17, 15) is 4.79 Å². The van der Waals surface area contributed by atoms with E-state index in [1.165, 1.54) is 21.8 Å². The second kappa shape index (κ2) is 6.54. The SMILES string of the molecule is CCC1c2ccsc2CCN1C(=O)Nc1nc2ccc3nc(C)sc3c2s1. The van der Waals surface area contributed by atoms with Crippen LogP contribution in [0.15, 0.2) is 23.6 Å². The summed E-state index contributed by atoms with van der Waals surface area (Å²) in [5.41, 5.74) is 3.21. The zero-order valence-electron chi connectivity index (χ0n) is 15.0. The van der Waals surface area contributed by atoms with Gasteiger partial charge in [0.2, 0.25) is 0 Å². The number of rotatable bonds is 2. The van der Waals surface area contributed by atoms with Crippen LogP contribution in [-0.2, 0) is 6.42 Å². The molecular weight excluding hydrogens is 396 g/mol. The Bertz CT molecular complexity index is 1160. The molecule has 0 spiro atoms. The molecule has 1 aliphatic rings. The second-order valence-electron chi connectivity index (χ2n) is 6.61. The zero-order valence-corrected chi connectivity index (χ0v) is 17.4. The van der Waals surface area contributed by atoms with E-state index in [1.807, 2.05) is 24.0 Å². The molecule has 0 radical (unpaired) electrons. The molecule has 138 valence electrons. The number of benzene rings is 1. The minimum absolute atomic E-state index is 0.0607. The van der Waals surface area contributed by atoms with Crippen LogP contribution in [0.3, 0.4) is 0 Å². The molecule has 1 aromatic carbocycles. The van der Waals surface area contributed by atoms with Crippen LogP contribution in [0.1, 0.15) is 34.8 Å². The highest BCUT2D eigenvalue weighted by atomic mass is 32.1. The maximum Gasteiger partial charge on any atom is 0.324 e. The van der Waals surface area contributed by atoms with E-state index in [-0.39, 0.29) is 12.1 Å². The van der Waals surface area contributed by atoms with Crippen LogP contribution in [0.2, 0.25) is 0 Å². The van der Waals surface area contributed by atoms with Gasteiger partial charge >= 0.3 is 6.03 Å². The average molecular weight is 415 g/mol. The van der Waals surface area contributed by atoms with Crippen molar-refractivity contribution in [3.05, 3.63) is 39.0 Å². The van der Waals surface area contributed by atoms with Gasteiger partial charge in [-0.1, -0.05) is 18.3 Å². The molecule has 5 rings (SSSR count). The number of thiophene rings is 1. The number of aromatic nitrogens is 2. The van der Waals surface area contributed by atoms with Crippen molar-refractivity contribution in [3.8, 4) is 0 Å². The molecule has 5 nitrogen and oxygen atoms in total. The fourth-order valence-corrected chi connectivity index (χ4v) is 6.71. The lowest BCUT2D eigenvalue weighted by molar-refractivity contribution is 0.181. The van der Waals surface area contributed by atoms with Crippen LogP contribution >= 0.6 is 34.0 Å². The van der Waals surface area contributed by atoms with Crippen LogP contribution in [0.25, 0.3) is 20.4 Å². The molecule has 3 aromatic heterocycles. The van der Waals surface area contributed by atoms with Crippen molar-refractivity contribution in [2.75, 3.05) is 11.9 Å². The van der Waals surface area contributed by atoms with Crippen molar-refractivity contribution >= 4 is 65.6 Å². The minimum Gasteiger partial charge on any atom is -0.317 e. The van der Waals surface area contributed by atoms with Gasteiger partial charge in [0.05, 0.1) is 31.5 Å². The number of carbonyl (C=O) groups excluding carboxylic acids is 1. The van der Waals surface area contributed by atoms with Crippen molar-refractivity contribution in [2.24, 2.45) is 0 Å². The summed E-state index contributed by atoms with van der Waals surface area (Å²) in [5, 5.41) is 6.87. The Hall–Kier alpha value is -2.03. The van der Waals surface area contributed by atoms with Gasteiger partial charge < -0.3 is 4.90 Å². The summed E-state index contributed by atoms with van der Waals surface area (Å²) in [6.07, 6.45) is 1.84. The predicted molar refractivity (Wildman–Crippen MR) is 114 cm³/mol. The first-order chi connectivity index (χ1) is 13.1. The highest BCUT2D eigenvalue weighted by Crippen LogP contribution is 2.38. The van der Waals surface area contributed by atoms with Gasteiger partial charge in [0.15, 0.2) is 5.13 Å². The normalized spacial score (nSPS) is 16.8. The Morgan fingerprint density at radius 2 is 2.00 bits per heavy atom. The van der Waals surface area contributed by atoms with Crippen LogP contribution in [0.5, 0.6) is 0 Å². The van der Waals surface area contributed by atoms with Gasteiger partial charge in [-0.05, 0) is 48.9 Å². The third-order valence-electron chi connectivity index (χ3n) is 4.98. The van der Waals surface area contributed by atoms with Gasteiger partial charge in [0.25, 0.3) is 0 Å². The third-order valence-corrected chi connectivity index (χ3v) is 8.11. The van der Waals surface area contributed by atoms with Crippen molar-refractivity contribution in [2.45, 2.75) is 32.7 Å². The quantitative estimate of drug-likeness (QED) is 0.450. The smallest absolute Gasteiger partial charge is 0.317 e. The maximum atomic E-state index is 13.0. The first-order valence-corrected chi connectivity index (χ1v) is 11.5. The molecule has 8 heteroatoms. The maximum absolute atomic E-state index is 13.0. The van der Waals surface area contributed by atoms with E-state index in [4.69, 9.17) is 0 Å². The van der Waals surface area contributed by atoms with Gasteiger partial charge in [-0.15, -0.1) is 22.7 Å². The minimum atomic E-state index is -0.0607. The first-order valence-electron chi connectivity index (χ1n) is 8.94. The number of fused-ring (bicyclic) bond motifs is 4. The molecule has 4 heterocycles. The van der Waals surface area contributed by atoms with E-state index >= 15 is 0 Å². The van der Waals surface area contributed by atoms with Crippen LogP contribution in [0.4, 0.5) is 9.93 Å². The molecule has 1 aliphatic heterocycles. The van der Waals surface area contributed by atoms with Crippen molar-refractivity contribution in [1.29, 1.82) is 0 Å². The summed E-state index contributed by atoms with van der Waals surface area (Å²) in [4.78, 5) is 25.5. The number of aryl methyl sites for hydroxylation is 1. The van der Waals surface area contributed by atoms with Gasteiger partial charge in [0, 0.05) is 11.4 Å². The lowest BCUT2D eigenvalue weighted by atomic mass is 9.98. The molecule has 0 fully saturated rings. The highest BCUT2D eigenvalue weighted by Gasteiger charge is 2.30. The molecule has 0 aliphatic carbocycles. The summed E-state index contributed by atoms with van der Waals surface area (Å²) in [5.74, 6) is 0. The molecular formula is C19H18N4OS3. The van der Waals surface area contributed by atoms with Crippen LogP contribution in [-0.4, -0.2) is 27.4 Å². The molecule has 2 amide bonds. The number of anilines is 1. The molecule has 0 saturated heterocycles. The summed E-state index contributed by atoms with van der Waals surface area (Å²) >= 11 is 5.00. The molecule has 1 unspecified atom stereocenters. The van der Waals surface area contributed by atoms with E-state index in [1.54, 1.807) is 22.7 Å². The zero-order chi connectivity index (χ0) is 18.5. The van der Waals surface area contributed by atoms with Gasteiger partial charge in [-0.2, -0.15) is 0 Å². The molecule has 27 heavy (non-hydrogen) atoms. The lowest BCUT2D eigenvalue weighted by Crippen LogP contribution is -2.41. The summed E-state index contributed by atoms with van der Waals surface area (Å²) < 4.78 is 2.24. The molecule has 1 atom stereocenters. The number of urea groups is 1. The lowest BCUT2D eigenvalue weighted by Gasteiger charge is -2.35. The van der Waals surface area contributed by atoms with Crippen LogP contribution < -0.4 is 5.32 Å². The number of carbonyl (C=O) groups is 1. The van der Waals surface area contributed by atoms with E-state index < -0.39 is 0 Å². The van der Waals surface area contributed by atoms with Crippen molar-refractivity contribution < 1.29 is 4.79 Å². The molecule has 1 N–H and O–H groups in total. The van der Waals surface area contributed by atoms with Crippen molar-refractivity contribution in [3.63, 3.8) is 0 Å². The Morgan fingerprint density at radius 1 is 1.22 bits per heavy atom. The van der Waals surface area contributed by atoms with E-state index in [2.05, 4.69) is 33.7 Å². The number of hydrogen-bond acceptors (Lipinski definition) is 6. The second-order valence-corrected chi connectivity index (χ2v) is 9.81. The van der Waals surface area contributed by atoms with Gasteiger partial charge in [0.1, 0.15) is 0 Å². The summed E-state index contributed by atoms with van der Waals surface area (Å²) in [6, 6.07) is 6.23. The van der Waals surface area contributed by atoms with Crippen LogP contribution in [0, 0.1) is 6.92 Å². The number of thiazole rings is 2. The Morgan fingerprint density at radius 3 is 2.81 bits per heavy atom. The van der Waals surface area contributed by atoms with E-state index in [0.717, 1.165) is 44.8 Å². The Kier molecular flexibility index (Phi) is 4.14. The largest absolute Gasteiger partial charge is 0.324 e. The monoisotopic (exact) mass is 414 g/mol. The topological polar surface area (TPSA) is 58.1 Å². The standard InChI is InChI=1S/C19H18N4OS3/c1-3-14-11-7-9-25-15(11)6-8-23(14)19(24)22-18-21-13-5-4-12-16(17(13)27-18)26-10(2)20-12/h4-5,7,9,14H,3,6,8H2,1-2H3,(H,21,22,24). The summed E-state index contributed by atoms with van der Waals surface area (Å²) in [7, 11) is 0. The molecule has 0 saturated carbocycles. The van der Waals surface area contributed by atoms with Gasteiger partial charge in [-0.3, -0.25) is 5.32 Å². The fraction of sp³-hybridized carbons (Fsp3) is 0.316. The van der Waals surface area contributed by atoms with Gasteiger partial charge in [-0.25, -0.2) is 14.8 Å². The van der Waals surface area contributed by atoms with E-state index in [0.29, 0.717) is 5.13 Å². The number of hydrogen-bond donors (Lipinski definition) is 1. The number of nitrogens with one attached hydrogen (secondary N) is 1. The highest BCUT2D eigenvalue weighted by molar-refractivity contribution is 7.28. The number of nitrogens with zero attached hydrogens (tertiary/aromatic N) is 3. The predicted octanol–water partition coefficient (Wildman–Crippen LogP) is 5.82. The third kappa shape index (κ3) is 2.83. The average Bonchev–Trinajstić information content (AvgIpc) is 3.36. The Labute approximate surface area is 168 Å². The fourth-order valence-electron chi connectivity index (χ4n) is 3.78. The molecule has 0 bridgehead atoms. The molecule has 4 aromatic rings. The Balaban J connectivity index is 1.44. The number of amides is 2. The summed E-state index contributed by atoms with van der Waals surface area (Å²) in [6.45, 7) is 4.90. The van der Waals surface area contributed by atoms with Crippen molar-refractivity contribution in [1.82, 2.24) is 14.9 Å². The first kappa shape index (κ1) is 17.1.